The molecule has 0 bridgehead atoms. The third kappa shape index (κ3) is 2.77. The number of benzene rings is 1. The van der Waals surface area contributed by atoms with E-state index in [2.05, 4.69) is 5.32 Å². The van der Waals surface area contributed by atoms with E-state index in [9.17, 15) is 9.90 Å². The molecule has 0 amide bonds. The molecule has 19 heavy (non-hydrogen) atoms. The van der Waals surface area contributed by atoms with Crippen LogP contribution in [-0.4, -0.2) is 23.9 Å². The molecule has 100 valence electrons. The summed E-state index contributed by atoms with van der Waals surface area (Å²) in [4.78, 5) is 11.5. The van der Waals surface area contributed by atoms with E-state index >= 15 is 0 Å². The van der Waals surface area contributed by atoms with Gasteiger partial charge < -0.3 is 14.8 Å². The molecule has 0 saturated carbocycles. The van der Waals surface area contributed by atoms with E-state index in [1.165, 1.54) is 6.07 Å². The third-order valence-corrected chi connectivity index (χ3v) is 4.51. The van der Waals surface area contributed by atoms with Crippen molar-refractivity contribution >= 4 is 22.7 Å². The fourth-order valence-electron chi connectivity index (χ4n) is 2.14. The highest BCUT2D eigenvalue weighted by Gasteiger charge is 2.16. The van der Waals surface area contributed by atoms with Gasteiger partial charge >= 0.3 is 5.63 Å². The summed E-state index contributed by atoms with van der Waals surface area (Å²) in [6, 6.07) is 6.45. The second-order valence-electron chi connectivity index (χ2n) is 4.81. The van der Waals surface area contributed by atoms with Crippen LogP contribution in [0.2, 0.25) is 0 Å². The SMILES string of the molecule is O=c1cc(CSCC2CNC2)c2ccc(O)cc2o1. The molecule has 2 heterocycles. The lowest BCUT2D eigenvalue weighted by molar-refractivity contribution is 0.385. The molecule has 1 fully saturated rings. The van der Waals surface area contributed by atoms with Crippen LogP contribution in [0.5, 0.6) is 5.75 Å². The van der Waals surface area contributed by atoms with Gasteiger partial charge in [-0.25, -0.2) is 4.79 Å². The van der Waals surface area contributed by atoms with Gasteiger partial charge in [0.15, 0.2) is 0 Å². The molecule has 1 aliphatic heterocycles. The minimum absolute atomic E-state index is 0.112. The van der Waals surface area contributed by atoms with Crippen LogP contribution >= 0.6 is 11.8 Å². The molecule has 1 aromatic heterocycles. The van der Waals surface area contributed by atoms with Gasteiger partial charge in [0.1, 0.15) is 11.3 Å². The Labute approximate surface area is 114 Å². The minimum Gasteiger partial charge on any atom is -0.508 e. The summed E-state index contributed by atoms with van der Waals surface area (Å²) in [7, 11) is 0. The van der Waals surface area contributed by atoms with Crippen LogP contribution in [0.25, 0.3) is 11.0 Å². The molecular formula is C14H15NO3S. The fraction of sp³-hybridized carbons (Fsp3) is 0.357. The Morgan fingerprint density at radius 1 is 1.37 bits per heavy atom. The van der Waals surface area contributed by atoms with E-state index in [4.69, 9.17) is 4.42 Å². The van der Waals surface area contributed by atoms with Crippen molar-refractivity contribution in [3.05, 3.63) is 40.2 Å². The molecule has 4 nitrogen and oxygen atoms in total. The van der Waals surface area contributed by atoms with Crippen molar-refractivity contribution in [1.29, 1.82) is 0 Å². The minimum atomic E-state index is -0.362. The highest BCUT2D eigenvalue weighted by molar-refractivity contribution is 7.98. The zero-order valence-corrected chi connectivity index (χ0v) is 11.2. The molecule has 5 heteroatoms. The van der Waals surface area contributed by atoms with Crippen molar-refractivity contribution < 1.29 is 9.52 Å². The van der Waals surface area contributed by atoms with Crippen molar-refractivity contribution in [3.63, 3.8) is 0 Å². The Hall–Kier alpha value is -1.46. The quantitative estimate of drug-likeness (QED) is 0.836. The summed E-state index contributed by atoms with van der Waals surface area (Å²) in [6.45, 7) is 2.19. The van der Waals surface area contributed by atoms with Crippen molar-refractivity contribution in [2.24, 2.45) is 5.92 Å². The summed E-state index contributed by atoms with van der Waals surface area (Å²) in [5, 5.41) is 13.6. The summed E-state index contributed by atoms with van der Waals surface area (Å²) >= 11 is 1.83. The lowest BCUT2D eigenvalue weighted by Crippen LogP contribution is -2.43. The second-order valence-corrected chi connectivity index (χ2v) is 5.84. The standard InChI is InChI=1S/C14H15NO3S/c16-11-1-2-12-10(3-14(17)18-13(12)4-11)8-19-7-9-5-15-6-9/h1-4,9,15-16H,5-8H2. The zero-order valence-electron chi connectivity index (χ0n) is 10.4. The summed E-state index contributed by atoms with van der Waals surface area (Å²) in [6.07, 6.45) is 0. The number of thioether (sulfide) groups is 1. The Kier molecular flexibility index (Phi) is 3.48. The van der Waals surface area contributed by atoms with Gasteiger partial charge in [-0.1, -0.05) is 0 Å². The number of hydrogen-bond acceptors (Lipinski definition) is 5. The number of phenols is 1. The lowest BCUT2D eigenvalue weighted by Gasteiger charge is -2.26. The highest BCUT2D eigenvalue weighted by Crippen LogP contribution is 2.25. The van der Waals surface area contributed by atoms with Crippen LogP contribution in [0.1, 0.15) is 5.56 Å². The number of aromatic hydroxyl groups is 1. The predicted octanol–water partition coefficient (Wildman–Crippen LogP) is 1.95. The fourth-order valence-corrected chi connectivity index (χ4v) is 3.29. The van der Waals surface area contributed by atoms with Crippen LogP contribution in [0.15, 0.2) is 33.5 Å². The number of phenolic OH excluding ortho intramolecular Hbond substituents is 1. The first-order valence-electron chi connectivity index (χ1n) is 6.26. The van der Waals surface area contributed by atoms with Crippen molar-refractivity contribution in [2.75, 3.05) is 18.8 Å². The lowest BCUT2D eigenvalue weighted by atomic mass is 10.1. The molecule has 2 aromatic rings. The average Bonchev–Trinajstić information content (AvgIpc) is 2.31. The Morgan fingerprint density at radius 2 is 2.21 bits per heavy atom. The van der Waals surface area contributed by atoms with E-state index in [1.807, 2.05) is 11.8 Å². The molecular weight excluding hydrogens is 262 g/mol. The van der Waals surface area contributed by atoms with Gasteiger partial charge in [0.25, 0.3) is 0 Å². The van der Waals surface area contributed by atoms with Crippen molar-refractivity contribution in [1.82, 2.24) is 5.32 Å². The first-order valence-corrected chi connectivity index (χ1v) is 7.42. The maximum atomic E-state index is 11.5. The van der Waals surface area contributed by atoms with Gasteiger partial charge in [-0.05, 0) is 42.5 Å². The Morgan fingerprint density at radius 3 is 2.95 bits per heavy atom. The molecule has 0 aliphatic carbocycles. The molecule has 1 aliphatic rings. The molecule has 0 radical (unpaired) electrons. The van der Waals surface area contributed by atoms with E-state index in [0.29, 0.717) is 5.58 Å². The summed E-state index contributed by atoms with van der Waals surface area (Å²) < 4.78 is 5.11. The molecule has 1 saturated heterocycles. The van der Waals surface area contributed by atoms with Crippen LogP contribution in [0.3, 0.4) is 0 Å². The van der Waals surface area contributed by atoms with E-state index in [0.717, 1.165) is 41.5 Å². The average molecular weight is 277 g/mol. The third-order valence-electron chi connectivity index (χ3n) is 3.29. The topological polar surface area (TPSA) is 62.5 Å². The van der Waals surface area contributed by atoms with Crippen LogP contribution in [0, 0.1) is 5.92 Å². The highest BCUT2D eigenvalue weighted by atomic mass is 32.2. The zero-order chi connectivity index (χ0) is 13.2. The first-order chi connectivity index (χ1) is 9.22. The van der Waals surface area contributed by atoms with Crippen LogP contribution < -0.4 is 10.9 Å². The predicted molar refractivity (Wildman–Crippen MR) is 76.7 cm³/mol. The van der Waals surface area contributed by atoms with Gasteiger partial charge in [-0.3, -0.25) is 0 Å². The van der Waals surface area contributed by atoms with Crippen LogP contribution in [-0.2, 0) is 5.75 Å². The van der Waals surface area contributed by atoms with Gasteiger partial charge in [-0.15, -0.1) is 0 Å². The first kappa shape index (κ1) is 12.6. The number of hydrogen-bond donors (Lipinski definition) is 2. The Bertz CT molecular complexity index is 649. The van der Waals surface area contributed by atoms with E-state index in [-0.39, 0.29) is 11.4 Å². The number of nitrogens with one attached hydrogen (secondary N) is 1. The number of rotatable bonds is 4. The normalized spacial score (nSPS) is 15.6. The molecule has 0 unspecified atom stereocenters. The smallest absolute Gasteiger partial charge is 0.336 e. The van der Waals surface area contributed by atoms with Crippen molar-refractivity contribution in [3.8, 4) is 5.75 Å². The van der Waals surface area contributed by atoms with Gasteiger partial charge in [-0.2, -0.15) is 11.8 Å². The molecule has 0 atom stereocenters. The maximum Gasteiger partial charge on any atom is 0.336 e. The second kappa shape index (κ2) is 5.27. The van der Waals surface area contributed by atoms with Gasteiger partial charge in [0.2, 0.25) is 0 Å². The largest absolute Gasteiger partial charge is 0.508 e. The van der Waals surface area contributed by atoms with Crippen LogP contribution in [0.4, 0.5) is 0 Å². The molecule has 1 aromatic carbocycles. The Balaban J connectivity index is 1.82. The van der Waals surface area contributed by atoms with Crippen molar-refractivity contribution in [2.45, 2.75) is 5.75 Å². The number of fused-ring (bicyclic) bond motifs is 1. The van der Waals surface area contributed by atoms with Gasteiger partial charge in [0, 0.05) is 23.3 Å². The monoisotopic (exact) mass is 277 g/mol. The van der Waals surface area contributed by atoms with E-state index < -0.39 is 0 Å². The summed E-state index contributed by atoms with van der Waals surface area (Å²) in [5.74, 6) is 2.76. The van der Waals surface area contributed by atoms with Gasteiger partial charge in [0.05, 0.1) is 0 Å². The maximum absolute atomic E-state index is 11.5. The molecule has 0 spiro atoms. The van der Waals surface area contributed by atoms with E-state index in [1.54, 1.807) is 18.2 Å². The summed E-state index contributed by atoms with van der Waals surface area (Å²) in [5.41, 5.74) is 1.07. The molecule has 3 rings (SSSR count). The molecule has 2 N–H and O–H groups in total.